The van der Waals surface area contributed by atoms with Crippen LogP contribution in [-0.2, 0) is 21.5 Å². The molecule has 2 saturated heterocycles. The van der Waals surface area contributed by atoms with Gasteiger partial charge in [-0.05, 0) is 50.9 Å². The monoisotopic (exact) mass is 459 g/mol. The molecule has 4 aliphatic heterocycles. The van der Waals surface area contributed by atoms with Crippen molar-refractivity contribution in [1.82, 2.24) is 15.1 Å². The van der Waals surface area contributed by atoms with Gasteiger partial charge in [0, 0.05) is 34.6 Å². The summed E-state index contributed by atoms with van der Waals surface area (Å²) in [5.41, 5.74) is 4.03. The van der Waals surface area contributed by atoms with Crippen molar-refractivity contribution < 1.29 is 19.1 Å². The summed E-state index contributed by atoms with van der Waals surface area (Å²) in [4.78, 5) is 41.2. The van der Waals surface area contributed by atoms with Gasteiger partial charge in [0.15, 0.2) is 0 Å². The summed E-state index contributed by atoms with van der Waals surface area (Å²) in [6.07, 6.45) is 2.65. The van der Waals surface area contributed by atoms with Crippen molar-refractivity contribution in [1.29, 1.82) is 0 Å². The van der Waals surface area contributed by atoms with Crippen molar-refractivity contribution in [2.24, 2.45) is 0 Å². The van der Waals surface area contributed by atoms with E-state index in [2.05, 4.69) is 53.5 Å². The minimum absolute atomic E-state index is 0.0254. The number of carbonyl (C=O) groups excluding carboxylic acids is 3. The van der Waals surface area contributed by atoms with E-state index in [0.29, 0.717) is 31.2 Å². The van der Waals surface area contributed by atoms with E-state index in [0.717, 1.165) is 37.2 Å². The number of carbonyl (C=O) groups is 3. The molecule has 6 rings (SSSR count). The molecular formula is C27H29N3O4. The molecule has 0 saturated carbocycles. The summed E-state index contributed by atoms with van der Waals surface area (Å²) in [6.45, 7) is 5.26. The summed E-state index contributed by atoms with van der Waals surface area (Å²) in [5, 5.41) is 2.37. The van der Waals surface area contributed by atoms with Gasteiger partial charge in [0.2, 0.25) is 11.8 Å². The van der Waals surface area contributed by atoms with Crippen molar-refractivity contribution in [2.45, 2.75) is 56.7 Å². The van der Waals surface area contributed by atoms with E-state index in [9.17, 15) is 14.4 Å². The van der Waals surface area contributed by atoms with Crippen molar-refractivity contribution in [3.63, 3.8) is 0 Å². The zero-order valence-electron chi connectivity index (χ0n) is 19.4. The normalized spacial score (nSPS) is 24.6. The molecular weight excluding hydrogens is 430 g/mol. The number of nitrogens with zero attached hydrogens (tertiary/aromatic N) is 2. The van der Waals surface area contributed by atoms with Crippen LogP contribution in [0.25, 0.3) is 0 Å². The molecule has 34 heavy (non-hydrogen) atoms. The van der Waals surface area contributed by atoms with Crippen LogP contribution < -0.4 is 10.1 Å². The third kappa shape index (κ3) is 3.25. The average molecular weight is 460 g/mol. The topological polar surface area (TPSA) is 79.0 Å². The lowest BCUT2D eigenvalue weighted by molar-refractivity contribution is -0.136. The Kier molecular flexibility index (Phi) is 4.99. The lowest BCUT2D eigenvalue weighted by Crippen LogP contribution is -2.52. The molecule has 0 aliphatic carbocycles. The molecule has 1 N–H and O–H groups in total. The molecule has 0 bridgehead atoms. The van der Waals surface area contributed by atoms with E-state index in [1.165, 1.54) is 11.1 Å². The summed E-state index contributed by atoms with van der Waals surface area (Å²) < 4.78 is 6.29. The lowest BCUT2D eigenvalue weighted by atomic mass is 9.73. The van der Waals surface area contributed by atoms with Crippen LogP contribution in [0.2, 0.25) is 0 Å². The predicted molar refractivity (Wildman–Crippen MR) is 125 cm³/mol. The lowest BCUT2D eigenvalue weighted by Gasteiger charge is -2.41. The van der Waals surface area contributed by atoms with Crippen LogP contribution in [-0.4, -0.2) is 53.3 Å². The van der Waals surface area contributed by atoms with Gasteiger partial charge in [0.25, 0.3) is 5.91 Å². The Morgan fingerprint density at radius 3 is 2.56 bits per heavy atom. The SMILES string of the molecule is CC(c1ccccc1)N1CCC2(CC1)COc1c2ccc2c1CN(C1CCC(=O)NC1=O)C2=O. The highest BCUT2D eigenvalue weighted by Crippen LogP contribution is 2.50. The molecule has 2 atom stereocenters. The van der Waals surface area contributed by atoms with E-state index in [1.807, 2.05) is 6.07 Å². The van der Waals surface area contributed by atoms with Crippen molar-refractivity contribution in [2.75, 3.05) is 19.7 Å². The Labute approximate surface area is 199 Å². The highest BCUT2D eigenvalue weighted by molar-refractivity contribution is 6.05. The number of nitrogens with one attached hydrogen (secondary N) is 1. The van der Waals surface area contributed by atoms with E-state index in [1.54, 1.807) is 4.90 Å². The minimum atomic E-state index is -0.605. The van der Waals surface area contributed by atoms with Gasteiger partial charge in [-0.2, -0.15) is 0 Å². The van der Waals surface area contributed by atoms with Gasteiger partial charge in [0.05, 0.1) is 13.2 Å². The number of fused-ring (bicyclic) bond motifs is 4. The standard InChI is InChI=1S/C27H29N3O4/c1-17(18-5-3-2-4-6-18)29-13-11-27(12-14-29)16-34-24-20-15-30(22-9-10-23(31)28-25(22)32)26(33)19(20)7-8-21(24)27/h2-8,17,22H,9-16H2,1H3,(H,28,31,32). The maximum Gasteiger partial charge on any atom is 0.255 e. The highest BCUT2D eigenvalue weighted by atomic mass is 16.5. The molecule has 2 fully saturated rings. The molecule has 2 aromatic rings. The predicted octanol–water partition coefficient (Wildman–Crippen LogP) is 2.93. The molecule has 3 amide bonds. The average Bonchev–Trinajstić information content (AvgIpc) is 3.38. The van der Waals surface area contributed by atoms with Crippen LogP contribution >= 0.6 is 0 Å². The van der Waals surface area contributed by atoms with Crippen molar-refractivity contribution >= 4 is 17.7 Å². The quantitative estimate of drug-likeness (QED) is 0.714. The number of ether oxygens (including phenoxy) is 1. The van der Waals surface area contributed by atoms with Crippen LogP contribution in [0, 0.1) is 0 Å². The molecule has 7 heteroatoms. The van der Waals surface area contributed by atoms with Gasteiger partial charge in [-0.3, -0.25) is 24.6 Å². The summed E-state index contributed by atoms with van der Waals surface area (Å²) >= 11 is 0. The van der Waals surface area contributed by atoms with Crippen LogP contribution in [0.4, 0.5) is 0 Å². The molecule has 1 spiro atoms. The molecule has 0 aromatic heterocycles. The second kappa shape index (κ2) is 7.94. The first kappa shape index (κ1) is 21.4. The fourth-order valence-corrected chi connectivity index (χ4v) is 6.18. The van der Waals surface area contributed by atoms with E-state index >= 15 is 0 Å². The number of hydrogen-bond acceptors (Lipinski definition) is 5. The summed E-state index contributed by atoms with van der Waals surface area (Å²) in [7, 11) is 0. The second-order valence-corrected chi connectivity index (χ2v) is 10.1. The maximum atomic E-state index is 13.1. The van der Waals surface area contributed by atoms with Crippen LogP contribution in [0.15, 0.2) is 42.5 Å². The Morgan fingerprint density at radius 1 is 1.06 bits per heavy atom. The number of likely N-dealkylation sites (tertiary alicyclic amines) is 1. The van der Waals surface area contributed by atoms with E-state index < -0.39 is 6.04 Å². The number of piperidine rings is 2. The minimum Gasteiger partial charge on any atom is -0.492 e. The van der Waals surface area contributed by atoms with Gasteiger partial charge in [0.1, 0.15) is 11.8 Å². The first-order valence-corrected chi connectivity index (χ1v) is 12.2. The number of benzene rings is 2. The van der Waals surface area contributed by atoms with Crippen LogP contribution in [0.5, 0.6) is 5.75 Å². The van der Waals surface area contributed by atoms with Crippen molar-refractivity contribution in [3.8, 4) is 5.75 Å². The largest absolute Gasteiger partial charge is 0.492 e. The third-order valence-electron chi connectivity index (χ3n) is 8.32. The number of rotatable bonds is 3. The van der Waals surface area contributed by atoms with Crippen LogP contribution in [0.1, 0.15) is 65.7 Å². The molecule has 176 valence electrons. The van der Waals surface area contributed by atoms with E-state index in [4.69, 9.17) is 4.74 Å². The molecule has 0 radical (unpaired) electrons. The maximum absolute atomic E-state index is 13.1. The van der Waals surface area contributed by atoms with Gasteiger partial charge >= 0.3 is 0 Å². The molecule has 4 aliphatic rings. The zero-order chi connectivity index (χ0) is 23.4. The fourth-order valence-electron chi connectivity index (χ4n) is 6.18. The van der Waals surface area contributed by atoms with E-state index in [-0.39, 0.29) is 29.6 Å². The summed E-state index contributed by atoms with van der Waals surface area (Å²) in [6, 6.07) is 14.4. The molecule has 4 heterocycles. The first-order valence-electron chi connectivity index (χ1n) is 12.2. The van der Waals surface area contributed by atoms with Crippen molar-refractivity contribution in [3.05, 3.63) is 64.7 Å². The third-order valence-corrected chi connectivity index (χ3v) is 8.32. The Morgan fingerprint density at radius 2 is 1.82 bits per heavy atom. The first-order chi connectivity index (χ1) is 16.5. The number of imide groups is 1. The highest BCUT2D eigenvalue weighted by Gasteiger charge is 2.47. The molecule has 2 aromatic carbocycles. The Hall–Kier alpha value is -3.19. The molecule has 2 unspecified atom stereocenters. The Balaban J connectivity index is 1.22. The van der Waals surface area contributed by atoms with Crippen LogP contribution in [0.3, 0.4) is 0 Å². The second-order valence-electron chi connectivity index (χ2n) is 10.1. The summed E-state index contributed by atoms with van der Waals surface area (Å²) in [5.74, 6) is 0.0319. The Bertz CT molecular complexity index is 1170. The number of hydrogen-bond donors (Lipinski definition) is 1. The smallest absolute Gasteiger partial charge is 0.255 e. The zero-order valence-corrected chi connectivity index (χ0v) is 19.4. The number of amides is 3. The van der Waals surface area contributed by atoms with Gasteiger partial charge < -0.3 is 9.64 Å². The van der Waals surface area contributed by atoms with Gasteiger partial charge in [-0.15, -0.1) is 0 Å². The molecule has 7 nitrogen and oxygen atoms in total. The van der Waals surface area contributed by atoms with Gasteiger partial charge in [-0.1, -0.05) is 36.4 Å². The fraction of sp³-hybridized carbons (Fsp3) is 0.444. The van der Waals surface area contributed by atoms with Gasteiger partial charge in [-0.25, -0.2) is 0 Å².